The van der Waals surface area contributed by atoms with Crippen LogP contribution in [0.25, 0.3) is 27.7 Å². The molecule has 0 unspecified atom stereocenters. The highest BCUT2D eigenvalue weighted by Crippen LogP contribution is 2.45. The van der Waals surface area contributed by atoms with Crippen LogP contribution in [0.2, 0.25) is 0 Å². The van der Waals surface area contributed by atoms with Crippen molar-refractivity contribution in [3.63, 3.8) is 0 Å². The zero-order valence-electron chi connectivity index (χ0n) is 16.0. The van der Waals surface area contributed by atoms with E-state index in [4.69, 9.17) is 0 Å². The maximum Gasteiger partial charge on any atom is 0.435 e. The molecule has 0 spiro atoms. The van der Waals surface area contributed by atoms with Crippen molar-refractivity contribution in [2.45, 2.75) is 37.8 Å². The van der Waals surface area contributed by atoms with Gasteiger partial charge in [-0.1, -0.05) is 55.3 Å². The SMILES string of the molecule is FC(F)(F)c1nc2ccccc2c(-c2ccccc2C2CCCC2)c1-n1ncnn1. The Balaban J connectivity index is 1.92. The fourth-order valence-electron chi connectivity index (χ4n) is 4.45. The van der Waals surface area contributed by atoms with Crippen LogP contribution in [0.5, 0.6) is 0 Å². The molecule has 1 saturated carbocycles. The molecule has 152 valence electrons. The third kappa shape index (κ3) is 3.12. The highest BCUT2D eigenvalue weighted by molar-refractivity contribution is 6.00. The molecule has 0 atom stereocenters. The molecule has 8 heteroatoms. The molecule has 1 aliphatic carbocycles. The second-order valence-corrected chi connectivity index (χ2v) is 7.49. The molecule has 0 amide bonds. The van der Waals surface area contributed by atoms with E-state index in [2.05, 4.69) is 20.4 Å². The van der Waals surface area contributed by atoms with Crippen molar-refractivity contribution < 1.29 is 13.2 Å². The normalized spacial score (nSPS) is 15.2. The molecule has 5 nitrogen and oxygen atoms in total. The lowest BCUT2D eigenvalue weighted by Crippen LogP contribution is -2.17. The fraction of sp³-hybridized carbons (Fsp3) is 0.273. The number of hydrogen-bond acceptors (Lipinski definition) is 4. The van der Waals surface area contributed by atoms with Crippen LogP contribution in [0.1, 0.15) is 42.9 Å². The van der Waals surface area contributed by atoms with Crippen molar-refractivity contribution in [3.8, 4) is 16.8 Å². The van der Waals surface area contributed by atoms with Gasteiger partial charge in [-0.15, -0.1) is 15.0 Å². The predicted octanol–water partition coefficient (Wildman–Crippen LogP) is 5.55. The summed E-state index contributed by atoms with van der Waals surface area (Å²) in [6.45, 7) is 0. The van der Waals surface area contributed by atoms with Crippen LogP contribution < -0.4 is 0 Å². The number of para-hydroxylation sites is 1. The van der Waals surface area contributed by atoms with E-state index in [1.807, 2.05) is 24.3 Å². The van der Waals surface area contributed by atoms with E-state index in [1.165, 1.54) is 0 Å². The molecule has 30 heavy (non-hydrogen) atoms. The number of halogens is 3. The quantitative estimate of drug-likeness (QED) is 0.445. The Bertz CT molecular complexity index is 1200. The summed E-state index contributed by atoms with van der Waals surface area (Å²) in [4.78, 5) is 4.90. The molecule has 1 aliphatic rings. The topological polar surface area (TPSA) is 56.5 Å². The number of rotatable bonds is 3. The number of aromatic nitrogens is 5. The van der Waals surface area contributed by atoms with Crippen LogP contribution in [0.4, 0.5) is 13.2 Å². The van der Waals surface area contributed by atoms with E-state index in [0.717, 1.165) is 47.9 Å². The van der Waals surface area contributed by atoms with Crippen molar-refractivity contribution in [1.29, 1.82) is 0 Å². The van der Waals surface area contributed by atoms with Gasteiger partial charge in [-0.3, -0.25) is 0 Å². The number of pyridine rings is 1. The number of nitrogens with zero attached hydrogens (tertiary/aromatic N) is 5. The van der Waals surface area contributed by atoms with Gasteiger partial charge in [0.15, 0.2) is 12.0 Å². The summed E-state index contributed by atoms with van der Waals surface area (Å²) in [6, 6.07) is 14.6. The lowest BCUT2D eigenvalue weighted by Gasteiger charge is -2.21. The van der Waals surface area contributed by atoms with Crippen LogP contribution in [0.3, 0.4) is 0 Å². The van der Waals surface area contributed by atoms with Crippen molar-refractivity contribution in [2.24, 2.45) is 0 Å². The summed E-state index contributed by atoms with van der Waals surface area (Å²) in [7, 11) is 0. The highest BCUT2D eigenvalue weighted by Gasteiger charge is 2.39. The van der Waals surface area contributed by atoms with Crippen LogP contribution in [0, 0.1) is 0 Å². The number of tetrazole rings is 1. The highest BCUT2D eigenvalue weighted by atomic mass is 19.4. The van der Waals surface area contributed by atoms with Crippen molar-refractivity contribution >= 4 is 10.9 Å². The molecule has 0 bridgehead atoms. The van der Waals surface area contributed by atoms with Crippen molar-refractivity contribution in [1.82, 2.24) is 25.2 Å². The van der Waals surface area contributed by atoms with E-state index in [-0.39, 0.29) is 11.2 Å². The van der Waals surface area contributed by atoms with E-state index >= 15 is 0 Å². The van der Waals surface area contributed by atoms with Crippen molar-refractivity contribution in [3.05, 3.63) is 66.1 Å². The minimum atomic E-state index is -4.68. The standard InChI is InChI=1S/C22H18F3N5/c23-22(24,25)21-20(30-27-13-26-29-30)19(17-11-5-6-12-18(17)28-21)16-10-4-3-9-15(16)14-7-1-2-8-14/h3-6,9-14H,1-2,7-8H2. The summed E-state index contributed by atoms with van der Waals surface area (Å²) >= 11 is 0. The van der Waals surface area contributed by atoms with E-state index in [0.29, 0.717) is 16.9 Å². The van der Waals surface area contributed by atoms with Crippen LogP contribution in [-0.4, -0.2) is 25.2 Å². The van der Waals surface area contributed by atoms with Gasteiger partial charge in [-0.2, -0.15) is 13.2 Å². The number of benzene rings is 2. The van der Waals surface area contributed by atoms with Gasteiger partial charge < -0.3 is 0 Å². The molecule has 2 aromatic carbocycles. The lowest BCUT2D eigenvalue weighted by atomic mass is 9.87. The van der Waals surface area contributed by atoms with Gasteiger partial charge in [0.25, 0.3) is 0 Å². The predicted molar refractivity (Wildman–Crippen MR) is 106 cm³/mol. The second kappa shape index (κ2) is 7.19. The van der Waals surface area contributed by atoms with E-state index < -0.39 is 11.9 Å². The van der Waals surface area contributed by atoms with E-state index in [1.54, 1.807) is 24.3 Å². The fourth-order valence-corrected chi connectivity index (χ4v) is 4.45. The van der Waals surface area contributed by atoms with Gasteiger partial charge in [-0.25, -0.2) is 4.98 Å². The van der Waals surface area contributed by atoms with Gasteiger partial charge >= 0.3 is 6.18 Å². The van der Waals surface area contributed by atoms with Crippen molar-refractivity contribution in [2.75, 3.05) is 0 Å². The Morgan fingerprint density at radius 3 is 2.40 bits per heavy atom. The molecule has 0 N–H and O–H groups in total. The number of fused-ring (bicyclic) bond motifs is 1. The molecule has 2 aromatic heterocycles. The van der Waals surface area contributed by atoms with E-state index in [9.17, 15) is 13.2 Å². The van der Waals surface area contributed by atoms with Gasteiger partial charge in [0.05, 0.1) is 5.52 Å². The maximum atomic E-state index is 14.1. The summed E-state index contributed by atoms with van der Waals surface area (Å²) in [6.07, 6.45) is 0.765. The summed E-state index contributed by atoms with van der Waals surface area (Å²) in [5.41, 5.74) is 1.33. The van der Waals surface area contributed by atoms with Gasteiger partial charge in [0.2, 0.25) is 0 Å². The van der Waals surface area contributed by atoms with Gasteiger partial charge in [0, 0.05) is 10.9 Å². The summed E-state index contributed by atoms with van der Waals surface area (Å²) in [5.74, 6) is 0.319. The molecule has 5 rings (SSSR count). The maximum absolute atomic E-state index is 14.1. The average Bonchev–Trinajstić information content (AvgIpc) is 3.46. The average molecular weight is 409 g/mol. The summed E-state index contributed by atoms with van der Waals surface area (Å²) < 4.78 is 42.3. The van der Waals surface area contributed by atoms with Gasteiger partial charge in [0.1, 0.15) is 5.69 Å². The summed E-state index contributed by atoms with van der Waals surface area (Å²) in [5, 5.41) is 12.0. The first-order chi connectivity index (χ1) is 14.5. The third-order valence-corrected chi connectivity index (χ3v) is 5.71. The molecule has 1 fully saturated rings. The molecular formula is C22H18F3N5. The van der Waals surface area contributed by atoms with Crippen LogP contribution in [-0.2, 0) is 6.18 Å². The third-order valence-electron chi connectivity index (χ3n) is 5.71. The smallest absolute Gasteiger partial charge is 0.241 e. The lowest BCUT2D eigenvalue weighted by molar-refractivity contribution is -0.140. The Morgan fingerprint density at radius 1 is 0.933 bits per heavy atom. The first-order valence-electron chi connectivity index (χ1n) is 9.86. The molecular weight excluding hydrogens is 391 g/mol. The monoisotopic (exact) mass is 409 g/mol. The number of alkyl halides is 3. The Hall–Kier alpha value is -3.29. The Labute approximate surface area is 170 Å². The molecule has 2 heterocycles. The minimum Gasteiger partial charge on any atom is -0.241 e. The Morgan fingerprint density at radius 2 is 1.67 bits per heavy atom. The largest absolute Gasteiger partial charge is 0.435 e. The molecule has 0 radical (unpaired) electrons. The first-order valence-corrected chi connectivity index (χ1v) is 9.86. The number of hydrogen-bond donors (Lipinski definition) is 0. The first kappa shape index (κ1) is 18.7. The zero-order chi connectivity index (χ0) is 20.7. The molecule has 0 aliphatic heterocycles. The zero-order valence-corrected chi connectivity index (χ0v) is 16.0. The molecule has 0 saturated heterocycles. The minimum absolute atomic E-state index is 0.191. The van der Waals surface area contributed by atoms with Gasteiger partial charge in [-0.05, 0) is 41.2 Å². The molecule has 4 aromatic rings. The Kier molecular flexibility index (Phi) is 4.49. The van der Waals surface area contributed by atoms with Crippen LogP contribution >= 0.6 is 0 Å². The second-order valence-electron chi connectivity index (χ2n) is 7.49. The van der Waals surface area contributed by atoms with Crippen LogP contribution in [0.15, 0.2) is 54.9 Å².